The summed E-state index contributed by atoms with van der Waals surface area (Å²) in [5, 5.41) is -0.205. The van der Waals surface area contributed by atoms with E-state index in [4.69, 9.17) is 11.6 Å². The van der Waals surface area contributed by atoms with Gasteiger partial charge in [-0.05, 0) is 0 Å². The fourth-order valence-electron chi connectivity index (χ4n) is 1.22. The van der Waals surface area contributed by atoms with E-state index < -0.39 is 11.9 Å². The Morgan fingerprint density at radius 1 is 1.29 bits per heavy atom. The molecule has 2 heterocycles. The van der Waals surface area contributed by atoms with Crippen molar-refractivity contribution in [2.45, 2.75) is 12.7 Å². The molecule has 1 aliphatic heterocycles. The summed E-state index contributed by atoms with van der Waals surface area (Å²) in [5.74, 6) is 0. The first kappa shape index (κ1) is 9.39. The van der Waals surface area contributed by atoms with E-state index in [1.807, 2.05) is 0 Å². The van der Waals surface area contributed by atoms with Crippen LogP contribution in [-0.2, 0) is 6.54 Å². The number of aliphatic imine (C=N–C) groups is 1. The minimum absolute atomic E-state index is 0.0909. The minimum Gasteiger partial charge on any atom is -0.273 e. The van der Waals surface area contributed by atoms with E-state index in [0.29, 0.717) is 0 Å². The molecule has 14 heavy (non-hydrogen) atoms. The lowest BCUT2D eigenvalue weighted by Crippen LogP contribution is -2.23. The fraction of sp³-hybridized carbons (Fsp3) is 0.286. The molecule has 0 spiro atoms. The lowest BCUT2D eigenvalue weighted by Gasteiger charge is -2.07. The Labute approximate surface area is 81.7 Å². The highest BCUT2D eigenvalue weighted by molar-refractivity contribution is 6.33. The molecule has 0 aliphatic carbocycles. The van der Waals surface area contributed by atoms with Crippen molar-refractivity contribution in [1.29, 1.82) is 0 Å². The van der Waals surface area contributed by atoms with Crippen LogP contribution in [0, 0.1) is 0 Å². The van der Waals surface area contributed by atoms with Gasteiger partial charge in [-0.3, -0.25) is 4.99 Å². The number of aromatic nitrogens is 2. The van der Waals surface area contributed by atoms with Gasteiger partial charge < -0.3 is 0 Å². The first-order chi connectivity index (χ1) is 6.50. The third-order valence-corrected chi connectivity index (χ3v) is 2.06. The average molecular weight is 222 g/mol. The molecule has 0 radical (unpaired) electrons. The second-order valence-electron chi connectivity index (χ2n) is 2.65. The topological polar surface area (TPSA) is 38.1 Å². The standard InChI is InChI=1S/C7H3ClF3N3/c8-6-4-3(13-2-14-6)1-12-5(4)7(9,10)11/h2H,1H2. The lowest BCUT2D eigenvalue weighted by molar-refractivity contribution is -0.0579. The van der Waals surface area contributed by atoms with Crippen molar-refractivity contribution in [3.63, 3.8) is 0 Å². The van der Waals surface area contributed by atoms with Crippen molar-refractivity contribution >= 4 is 17.3 Å². The summed E-state index contributed by atoms with van der Waals surface area (Å²) in [7, 11) is 0. The Bertz CT molecular complexity index is 413. The second kappa shape index (κ2) is 2.91. The number of alkyl halides is 3. The number of nitrogens with zero attached hydrogens (tertiary/aromatic N) is 3. The van der Waals surface area contributed by atoms with Crippen LogP contribution in [0.4, 0.5) is 13.2 Å². The zero-order valence-electron chi connectivity index (χ0n) is 6.64. The van der Waals surface area contributed by atoms with Crippen LogP contribution in [0.1, 0.15) is 11.3 Å². The molecule has 0 atom stereocenters. The third kappa shape index (κ3) is 1.35. The molecule has 1 aliphatic rings. The SMILES string of the molecule is FC(F)(F)C1=NCc2ncnc(Cl)c21. The molecule has 0 bridgehead atoms. The van der Waals surface area contributed by atoms with E-state index in [1.165, 1.54) is 0 Å². The Balaban J connectivity index is 2.56. The molecule has 2 rings (SSSR count). The summed E-state index contributed by atoms with van der Waals surface area (Å²) in [4.78, 5) is 10.5. The van der Waals surface area contributed by atoms with Gasteiger partial charge in [0.25, 0.3) is 0 Å². The zero-order valence-corrected chi connectivity index (χ0v) is 7.39. The van der Waals surface area contributed by atoms with Gasteiger partial charge in [0.2, 0.25) is 0 Å². The number of fused-ring (bicyclic) bond motifs is 1. The lowest BCUT2D eigenvalue weighted by atomic mass is 10.2. The molecule has 74 valence electrons. The van der Waals surface area contributed by atoms with Crippen LogP contribution in [0.2, 0.25) is 5.15 Å². The number of rotatable bonds is 0. The largest absolute Gasteiger partial charge is 0.433 e. The van der Waals surface area contributed by atoms with Crippen LogP contribution in [0.25, 0.3) is 0 Å². The van der Waals surface area contributed by atoms with Crippen molar-refractivity contribution in [3.8, 4) is 0 Å². The van der Waals surface area contributed by atoms with Crippen molar-refractivity contribution in [3.05, 3.63) is 22.7 Å². The molecule has 7 heteroatoms. The van der Waals surface area contributed by atoms with Crippen molar-refractivity contribution in [2.24, 2.45) is 4.99 Å². The highest BCUT2D eigenvalue weighted by Crippen LogP contribution is 2.31. The summed E-state index contributed by atoms with van der Waals surface area (Å²) in [6, 6.07) is 0. The Kier molecular flexibility index (Phi) is 1.95. The van der Waals surface area contributed by atoms with Crippen LogP contribution in [0.5, 0.6) is 0 Å². The van der Waals surface area contributed by atoms with E-state index in [9.17, 15) is 13.2 Å². The summed E-state index contributed by atoms with van der Waals surface area (Å²) in [5.41, 5.74) is -0.961. The molecule has 1 aromatic rings. The minimum atomic E-state index is -4.50. The third-order valence-electron chi connectivity index (χ3n) is 1.77. The van der Waals surface area contributed by atoms with Gasteiger partial charge in [-0.1, -0.05) is 11.6 Å². The predicted molar refractivity (Wildman–Crippen MR) is 43.3 cm³/mol. The molecular weight excluding hydrogens is 219 g/mol. The van der Waals surface area contributed by atoms with Gasteiger partial charge in [0, 0.05) is 0 Å². The van der Waals surface area contributed by atoms with Gasteiger partial charge >= 0.3 is 6.18 Å². The van der Waals surface area contributed by atoms with Crippen molar-refractivity contribution < 1.29 is 13.2 Å². The second-order valence-corrected chi connectivity index (χ2v) is 3.01. The molecule has 0 saturated heterocycles. The Hall–Kier alpha value is -1.17. The van der Waals surface area contributed by atoms with Gasteiger partial charge in [-0.25, -0.2) is 9.97 Å². The van der Waals surface area contributed by atoms with E-state index >= 15 is 0 Å². The Morgan fingerprint density at radius 2 is 2.00 bits per heavy atom. The van der Waals surface area contributed by atoms with Gasteiger partial charge in [-0.2, -0.15) is 13.2 Å². The highest BCUT2D eigenvalue weighted by atomic mass is 35.5. The van der Waals surface area contributed by atoms with E-state index in [-0.39, 0.29) is 23.0 Å². The monoisotopic (exact) mass is 221 g/mol. The smallest absolute Gasteiger partial charge is 0.273 e. The van der Waals surface area contributed by atoms with Gasteiger partial charge in [-0.15, -0.1) is 0 Å². The average Bonchev–Trinajstić information content (AvgIpc) is 2.47. The number of hydrogen-bond acceptors (Lipinski definition) is 3. The zero-order chi connectivity index (χ0) is 10.3. The van der Waals surface area contributed by atoms with E-state index in [2.05, 4.69) is 15.0 Å². The van der Waals surface area contributed by atoms with E-state index in [0.717, 1.165) is 6.33 Å². The summed E-state index contributed by atoms with van der Waals surface area (Å²) >= 11 is 5.54. The molecule has 0 fully saturated rings. The Morgan fingerprint density at radius 3 is 2.64 bits per heavy atom. The van der Waals surface area contributed by atoms with Crippen molar-refractivity contribution in [1.82, 2.24) is 9.97 Å². The van der Waals surface area contributed by atoms with Crippen molar-refractivity contribution in [2.75, 3.05) is 0 Å². The van der Waals surface area contributed by atoms with Crippen LogP contribution in [0.15, 0.2) is 11.3 Å². The molecule has 0 N–H and O–H groups in total. The van der Waals surface area contributed by atoms with Crippen LogP contribution in [0.3, 0.4) is 0 Å². The molecule has 0 saturated carbocycles. The van der Waals surface area contributed by atoms with Crippen LogP contribution < -0.4 is 0 Å². The molecule has 0 amide bonds. The number of halogens is 4. The maximum atomic E-state index is 12.4. The number of hydrogen-bond donors (Lipinski definition) is 0. The molecule has 0 aromatic carbocycles. The first-order valence-electron chi connectivity index (χ1n) is 3.61. The van der Waals surface area contributed by atoms with Gasteiger partial charge in [0.15, 0.2) is 5.71 Å². The molecule has 3 nitrogen and oxygen atoms in total. The summed E-state index contributed by atoms with van der Waals surface area (Å²) in [6.07, 6.45) is -3.38. The predicted octanol–water partition coefficient (Wildman–Crippen LogP) is 1.99. The summed E-state index contributed by atoms with van der Waals surface area (Å²) < 4.78 is 37.1. The summed E-state index contributed by atoms with van der Waals surface area (Å²) in [6.45, 7) is -0.0909. The maximum absolute atomic E-state index is 12.4. The molecular formula is C7H3ClF3N3. The van der Waals surface area contributed by atoms with Gasteiger partial charge in [0.05, 0.1) is 17.8 Å². The first-order valence-corrected chi connectivity index (χ1v) is 3.99. The van der Waals surface area contributed by atoms with E-state index in [1.54, 1.807) is 0 Å². The maximum Gasteiger partial charge on any atom is 0.433 e. The van der Waals surface area contributed by atoms with Gasteiger partial charge in [0.1, 0.15) is 11.5 Å². The quantitative estimate of drug-likeness (QED) is 0.629. The fourth-order valence-corrected chi connectivity index (χ4v) is 1.46. The molecule has 0 unspecified atom stereocenters. The van der Waals surface area contributed by atoms with Crippen LogP contribution >= 0.6 is 11.6 Å². The highest BCUT2D eigenvalue weighted by Gasteiger charge is 2.42. The molecule has 1 aromatic heterocycles. The normalized spacial score (nSPS) is 15.3. The van der Waals surface area contributed by atoms with Crippen LogP contribution in [-0.4, -0.2) is 21.9 Å².